The molecule has 29 heavy (non-hydrogen) atoms. The molecule has 10 heteroatoms. The summed E-state index contributed by atoms with van der Waals surface area (Å²) in [6, 6.07) is 10.8. The van der Waals surface area contributed by atoms with E-state index < -0.39 is 19.9 Å². The van der Waals surface area contributed by atoms with Crippen LogP contribution in [-0.2, 0) is 24.7 Å². The Morgan fingerprint density at radius 1 is 0.966 bits per heavy atom. The highest BCUT2D eigenvalue weighted by molar-refractivity contribution is 7.91. The summed E-state index contributed by atoms with van der Waals surface area (Å²) in [5, 5.41) is 5.56. The van der Waals surface area contributed by atoms with E-state index in [0.717, 1.165) is 4.31 Å². The zero-order valence-electron chi connectivity index (χ0n) is 16.8. The predicted octanol–water partition coefficient (Wildman–Crippen LogP) is 2.09. The summed E-state index contributed by atoms with van der Waals surface area (Å²) < 4.78 is 49.5. The largest absolute Gasteiger partial charge is 0.376 e. The van der Waals surface area contributed by atoms with Crippen LogP contribution in [0.4, 0.5) is 11.4 Å². The van der Waals surface area contributed by atoms with E-state index >= 15 is 0 Å². The summed E-state index contributed by atoms with van der Waals surface area (Å²) in [5.41, 5.74) is 1.54. The number of hydrogen-bond acceptors (Lipinski definition) is 6. The molecule has 0 atom stereocenters. The molecule has 1 amide bonds. The van der Waals surface area contributed by atoms with Crippen LogP contribution in [0.2, 0.25) is 0 Å². The van der Waals surface area contributed by atoms with Crippen molar-refractivity contribution in [3.05, 3.63) is 48.0 Å². The Morgan fingerprint density at radius 3 is 2.10 bits per heavy atom. The number of anilines is 2. The van der Waals surface area contributed by atoms with Crippen LogP contribution in [0.15, 0.2) is 52.3 Å². The first-order valence-corrected chi connectivity index (χ1v) is 12.0. The van der Waals surface area contributed by atoms with Crippen molar-refractivity contribution in [1.29, 1.82) is 0 Å². The van der Waals surface area contributed by atoms with E-state index in [-0.39, 0.29) is 28.0 Å². The zero-order chi connectivity index (χ0) is 21.8. The van der Waals surface area contributed by atoms with Gasteiger partial charge >= 0.3 is 0 Å². The van der Waals surface area contributed by atoms with Crippen molar-refractivity contribution in [2.24, 2.45) is 0 Å². The lowest BCUT2D eigenvalue weighted by molar-refractivity contribution is -0.114. The lowest BCUT2D eigenvalue weighted by Gasteiger charge is -2.15. The minimum Gasteiger partial charge on any atom is -0.376 e. The zero-order valence-corrected chi connectivity index (χ0v) is 18.4. The number of rotatable bonds is 8. The quantitative estimate of drug-likeness (QED) is 0.651. The normalized spacial score (nSPS) is 12.0. The van der Waals surface area contributed by atoms with Gasteiger partial charge in [0.05, 0.1) is 22.1 Å². The van der Waals surface area contributed by atoms with Gasteiger partial charge in [0.2, 0.25) is 15.9 Å². The Morgan fingerprint density at radius 2 is 1.55 bits per heavy atom. The maximum absolute atomic E-state index is 12.4. The van der Waals surface area contributed by atoms with Crippen LogP contribution in [0.1, 0.15) is 12.5 Å². The van der Waals surface area contributed by atoms with Crippen molar-refractivity contribution >= 4 is 37.1 Å². The van der Waals surface area contributed by atoms with E-state index in [9.17, 15) is 21.6 Å². The number of nitrogens with zero attached hydrogens (tertiary/aromatic N) is 1. The second kappa shape index (κ2) is 8.93. The molecule has 0 fully saturated rings. The molecule has 0 unspecified atom stereocenters. The summed E-state index contributed by atoms with van der Waals surface area (Å²) in [4.78, 5) is 12.6. The Bertz CT molecular complexity index is 1090. The van der Waals surface area contributed by atoms with Crippen LogP contribution in [-0.4, -0.2) is 53.4 Å². The van der Waals surface area contributed by atoms with Gasteiger partial charge in [0.15, 0.2) is 9.84 Å². The highest BCUT2D eigenvalue weighted by Crippen LogP contribution is 2.22. The van der Waals surface area contributed by atoms with Crippen LogP contribution in [0.3, 0.4) is 0 Å². The van der Waals surface area contributed by atoms with Gasteiger partial charge in [-0.1, -0.05) is 13.0 Å². The fraction of sp³-hybridized carbons (Fsp3) is 0.316. The second-order valence-electron chi connectivity index (χ2n) is 6.60. The molecule has 0 radical (unpaired) electrons. The number of carbonyl (C=O) groups is 1. The Balaban J connectivity index is 2.05. The number of carbonyl (C=O) groups excluding carboxylic acids is 1. The minimum absolute atomic E-state index is 0.0181. The first kappa shape index (κ1) is 22.9. The molecule has 0 aromatic heterocycles. The number of amides is 1. The number of sulfonamides is 1. The smallest absolute Gasteiger partial charge is 0.243 e. The lowest BCUT2D eigenvalue weighted by Crippen LogP contribution is -2.24. The highest BCUT2D eigenvalue weighted by Gasteiger charge is 2.20. The van der Waals surface area contributed by atoms with E-state index in [1.807, 2.05) is 0 Å². The van der Waals surface area contributed by atoms with Gasteiger partial charge in [0.1, 0.15) is 0 Å². The fourth-order valence-electron chi connectivity index (χ4n) is 2.49. The van der Waals surface area contributed by atoms with Crippen LogP contribution < -0.4 is 10.6 Å². The van der Waals surface area contributed by atoms with Crippen LogP contribution in [0.5, 0.6) is 0 Å². The van der Waals surface area contributed by atoms with E-state index in [2.05, 4.69) is 10.6 Å². The first-order chi connectivity index (χ1) is 13.5. The molecule has 0 aliphatic heterocycles. The standard InChI is InChI=1S/C19H25N3O5S2/c1-5-28(24,25)17-10-8-15(9-11-17)20-13-19(23)21-16-7-6-14(2)18(12-16)29(26,27)22(3)4/h6-12,20H,5,13H2,1-4H3,(H,21,23). The number of benzene rings is 2. The molecular formula is C19H25N3O5S2. The van der Waals surface area contributed by atoms with Gasteiger partial charge in [0.25, 0.3) is 0 Å². The van der Waals surface area contributed by atoms with Gasteiger partial charge in [-0.05, 0) is 48.9 Å². The Labute approximate surface area is 171 Å². The highest BCUT2D eigenvalue weighted by atomic mass is 32.2. The van der Waals surface area contributed by atoms with Crippen molar-refractivity contribution in [2.45, 2.75) is 23.6 Å². The van der Waals surface area contributed by atoms with Gasteiger partial charge in [-0.15, -0.1) is 0 Å². The van der Waals surface area contributed by atoms with Crippen molar-refractivity contribution < 1.29 is 21.6 Å². The lowest BCUT2D eigenvalue weighted by atomic mass is 10.2. The second-order valence-corrected chi connectivity index (χ2v) is 11.0. The van der Waals surface area contributed by atoms with E-state index in [0.29, 0.717) is 16.9 Å². The molecule has 158 valence electrons. The topological polar surface area (TPSA) is 113 Å². The molecule has 2 rings (SSSR count). The average molecular weight is 440 g/mol. The fourth-order valence-corrected chi connectivity index (χ4v) is 4.52. The summed E-state index contributed by atoms with van der Waals surface area (Å²) in [5.74, 6) is -0.350. The maximum atomic E-state index is 12.4. The molecule has 0 saturated heterocycles. The SMILES string of the molecule is CCS(=O)(=O)c1ccc(NCC(=O)Nc2ccc(C)c(S(=O)(=O)N(C)C)c2)cc1. The van der Waals surface area contributed by atoms with Crippen molar-refractivity contribution in [1.82, 2.24) is 4.31 Å². The van der Waals surface area contributed by atoms with E-state index in [4.69, 9.17) is 0 Å². The monoisotopic (exact) mass is 439 g/mol. The molecule has 2 aromatic rings. The number of nitrogens with one attached hydrogen (secondary N) is 2. The van der Waals surface area contributed by atoms with E-state index in [1.54, 1.807) is 38.1 Å². The Kier molecular flexibility index (Phi) is 7.04. The number of aryl methyl sites for hydroxylation is 1. The number of sulfone groups is 1. The van der Waals surface area contributed by atoms with Gasteiger partial charge in [-0.2, -0.15) is 0 Å². The van der Waals surface area contributed by atoms with Gasteiger partial charge in [-0.3, -0.25) is 4.79 Å². The van der Waals surface area contributed by atoms with Crippen LogP contribution >= 0.6 is 0 Å². The van der Waals surface area contributed by atoms with Crippen LogP contribution in [0, 0.1) is 6.92 Å². The van der Waals surface area contributed by atoms with Crippen molar-refractivity contribution in [3.63, 3.8) is 0 Å². The average Bonchev–Trinajstić information content (AvgIpc) is 2.68. The summed E-state index contributed by atoms with van der Waals surface area (Å²) in [7, 11) is -4.00. The molecular weight excluding hydrogens is 414 g/mol. The number of hydrogen-bond donors (Lipinski definition) is 2. The minimum atomic E-state index is -3.62. The van der Waals surface area contributed by atoms with E-state index in [1.165, 1.54) is 32.3 Å². The predicted molar refractivity (Wildman–Crippen MR) is 113 cm³/mol. The van der Waals surface area contributed by atoms with Crippen LogP contribution in [0.25, 0.3) is 0 Å². The van der Waals surface area contributed by atoms with Crippen molar-refractivity contribution in [3.8, 4) is 0 Å². The Hall–Kier alpha value is -2.43. The van der Waals surface area contributed by atoms with Crippen molar-refractivity contribution in [2.75, 3.05) is 37.0 Å². The third kappa shape index (κ3) is 5.55. The molecule has 0 bridgehead atoms. The molecule has 0 aliphatic carbocycles. The molecule has 2 N–H and O–H groups in total. The summed E-state index contributed by atoms with van der Waals surface area (Å²) in [6.45, 7) is 3.20. The molecule has 0 spiro atoms. The third-order valence-electron chi connectivity index (χ3n) is 4.28. The first-order valence-electron chi connectivity index (χ1n) is 8.87. The summed E-state index contributed by atoms with van der Waals surface area (Å²) >= 11 is 0. The third-order valence-corrected chi connectivity index (χ3v) is 7.98. The molecule has 0 heterocycles. The van der Waals surface area contributed by atoms with Gasteiger partial charge < -0.3 is 10.6 Å². The summed E-state index contributed by atoms with van der Waals surface area (Å²) in [6.07, 6.45) is 0. The maximum Gasteiger partial charge on any atom is 0.243 e. The molecule has 0 aliphatic rings. The molecule has 8 nitrogen and oxygen atoms in total. The van der Waals surface area contributed by atoms with Gasteiger partial charge in [0, 0.05) is 25.5 Å². The van der Waals surface area contributed by atoms with Gasteiger partial charge in [-0.25, -0.2) is 21.1 Å². The molecule has 2 aromatic carbocycles. The molecule has 0 saturated carbocycles.